The zero-order valence-corrected chi connectivity index (χ0v) is 19.3. The highest BCUT2D eigenvalue weighted by molar-refractivity contribution is 6.30. The van der Waals surface area contributed by atoms with Gasteiger partial charge in [-0.3, -0.25) is 19.3 Å². The Morgan fingerprint density at radius 1 is 1.03 bits per heavy atom. The first kappa shape index (κ1) is 21.9. The van der Waals surface area contributed by atoms with Gasteiger partial charge < -0.3 is 9.64 Å². The lowest BCUT2D eigenvalue weighted by Gasteiger charge is -2.38. The van der Waals surface area contributed by atoms with Gasteiger partial charge in [-0.25, -0.2) is 0 Å². The molecule has 7 heteroatoms. The zero-order valence-electron chi connectivity index (χ0n) is 18.5. The predicted molar refractivity (Wildman–Crippen MR) is 126 cm³/mol. The van der Waals surface area contributed by atoms with Gasteiger partial charge in [0, 0.05) is 42.1 Å². The van der Waals surface area contributed by atoms with E-state index in [0.29, 0.717) is 30.2 Å². The normalized spacial score (nSPS) is 25.6. The van der Waals surface area contributed by atoms with E-state index in [1.807, 2.05) is 42.2 Å². The molecule has 3 aliphatic rings. The van der Waals surface area contributed by atoms with Crippen molar-refractivity contribution in [3.8, 4) is 0 Å². The zero-order chi connectivity index (χ0) is 23.3. The highest BCUT2D eigenvalue weighted by Crippen LogP contribution is 2.50. The number of halogens is 1. The average molecular weight is 465 g/mol. The monoisotopic (exact) mass is 464 g/mol. The van der Waals surface area contributed by atoms with Gasteiger partial charge in [0.05, 0.1) is 17.9 Å². The van der Waals surface area contributed by atoms with Crippen molar-refractivity contribution in [1.82, 2.24) is 4.90 Å². The Morgan fingerprint density at radius 2 is 1.73 bits per heavy atom. The number of allylic oxidation sites excluding steroid dienone is 1. The van der Waals surface area contributed by atoms with Crippen LogP contribution in [0.2, 0.25) is 5.02 Å². The molecule has 0 unspecified atom stereocenters. The summed E-state index contributed by atoms with van der Waals surface area (Å²) in [5.74, 6) is -1.97. The highest BCUT2D eigenvalue weighted by atomic mass is 35.5. The number of likely N-dealkylation sites (tertiary alicyclic amines) is 1. The molecule has 0 aliphatic carbocycles. The van der Waals surface area contributed by atoms with Gasteiger partial charge in [0.15, 0.2) is 5.78 Å². The molecule has 0 spiro atoms. The van der Waals surface area contributed by atoms with Crippen LogP contribution in [-0.4, -0.2) is 54.8 Å². The molecular formula is C26H25ClN2O4. The summed E-state index contributed by atoms with van der Waals surface area (Å²) >= 11 is 6.04. The van der Waals surface area contributed by atoms with Gasteiger partial charge in [0.25, 0.3) is 0 Å². The van der Waals surface area contributed by atoms with Crippen molar-refractivity contribution in [3.63, 3.8) is 0 Å². The number of ketones is 1. The van der Waals surface area contributed by atoms with Crippen molar-refractivity contribution >= 4 is 40.5 Å². The van der Waals surface area contributed by atoms with Gasteiger partial charge in [-0.05, 0) is 49.2 Å². The van der Waals surface area contributed by atoms with Crippen LogP contribution >= 0.6 is 11.6 Å². The fourth-order valence-corrected chi connectivity index (χ4v) is 5.66. The van der Waals surface area contributed by atoms with E-state index in [9.17, 15) is 14.4 Å². The molecule has 4 atom stereocenters. The Morgan fingerprint density at radius 3 is 2.45 bits per heavy atom. The van der Waals surface area contributed by atoms with Gasteiger partial charge in [-0.1, -0.05) is 35.9 Å². The van der Waals surface area contributed by atoms with Crippen LogP contribution in [0, 0.1) is 11.8 Å². The number of carbonyl (C=O) groups is 3. The summed E-state index contributed by atoms with van der Waals surface area (Å²) in [6.07, 6.45) is 2.61. The second kappa shape index (κ2) is 8.43. The molecule has 170 valence electrons. The second-order valence-electron chi connectivity index (χ2n) is 8.81. The van der Waals surface area contributed by atoms with Crippen molar-refractivity contribution in [3.05, 3.63) is 70.8 Å². The van der Waals surface area contributed by atoms with Crippen molar-refractivity contribution < 1.29 is 19.1 Å². The molecule has 2 saturated heterocycles. The lowest BCUT2D eigenvalue weighted by molar-refractivity contribution is -0.140. The Hall–Kier alpha value is -2.96. The Bertz CT molecular complexity index is 1160. The maximum Gasteiger partial charge on any atom is 0.235 e. The predicted octanol–water partition coefficient (Wildman–Crippen LogP) is 3.83. The lowest BCUT2D eigenvalue weighted by Crippen LogP contribution is -2.49. The molecule has 2 aromatic rings. The Labute approximate surface area is 197 Å². The summed E-state index contributed by atoms with van der Waals surface area (Å²) in [6, 6.07) is 13.4. The summed E-state index contributed by atoms with van der Waals surface area (Å²) in [6.45, 7) is 2.77. The summed E-state index contributed by atoms with van der Waals surface area (Å²) in [4.78, 5) is 44.3. The Balaban J connectivity index is 1.61. The number of Topliss-reactive ketones (excluding diaryl/α,β-unsaturated/α-hetero) is 1. The molecule has 3 heterocycles. The van der Waals surface area contributed by atoms with Crippen molar-refractivity contribution in [2.75, 3.05) is 25.2 Å². The summed E-state index contributed by atoms with van der Waals surface area (Å²) in [7, 11) is 1.59. The maximum absolute atomic E-state index is 13.9. The number of amides is 2. The number of fused-ring (bicyclic) bond motifs is 5. The first-order valence-electron chi connectivity index (χ1n) is 11.1. The molecule has 0 saturated carbocycles. The maximum atomic E-state index is 13.9. The number of methoxy groups -OCH3 is 1. The summed E-state index contributed by atoms with van der Waals surface area (Å²) in [5, 5.41) is 0.534. The van der Waals surface area contributed by atoms with E-state index < -0.39 is 17.9 Å². The molecule has 2 fully saturated rings. The topological polar surface area (TPSA) is 66.9 Å². The number of ether oxygens (including phenoxy) is 1. The van der Waals surface area contributed by atoms with E-state index in [4.69, 9.17) is 16.3 Å². The van der Waals surface area contributed by atoms with Crippen LogP contribution in [-0.2, 0) is 14.3 Å². The van der Waals surface area contributed by atoms with Gasteiger partial charge >= 0.3 is 0 Å². The number of anilines is 1. The molecule has 0 bridgehead atoms. The van der Waals surface area contributed by atoms with Crippen LogP contribution in [0.1, 0.15) is 29.3 Å². The van der Waals surface area contributed by atoms with Crippen LogP contribution < -0.4 is 4.90 Å². The second-order valence-corrected chi connectivity index (χ2v) is 9.24. The molecule has 6 nitrogen and oxygen atoms in total. The van der Waals surface area contributed by atoms with Crippen molar-refractivity contribution in [1.29, 1.82) is 0 Å². The molecular weight excluding hydrogens is 440 g/mol. The summed E-state index contributed by atoms with van der Waals surface area (Å²) < 4.78 is 5.10. The quantitative estimate of drug-likeness (QED) is 0.369. The number of rotatable bonds is 6. The molecule has 33 heavy (non-hydrogen) atoms. The van der Waals surface area contributed by atoms with Crippen molar-refractivity contribution in [2.24, 2.45) is 11.8 Å². The first-order valence-corrected chi connectivity index (χ1v) is 11.5. The minimum Gasteiger partial charge on any atom is -0.385 e. The van der Waals surface area contributed by atoms with Crippen LogP contribution in [0.3, 0.4) is 0 Å². The summed E-state index contributed by atoms with van der Waals surface area (Å²) in [5.41, 5.74) is 3.42. The Kier molecular flexibility index (Phi) is 5.59. The fourth-order valence-electron chi connectivity index (χ4n) is 5.53. The van der Waals surface area contributed by atoms with Crippen LogP contribution in [0.5, 0.6) is 0 Å². The number of hydrogen-bond acceptors (Lipinski definition) is 5. The molecule has 0 radical (unpaired) electrons. The molecule has 2 amide bonds. The number of nitrogens with zero attached hydrogens (tertiary/aromatic N) is 2. The van der Waals surface area contributed by atoms with E-state index in [-0.39, 0.29) is 23.6 Å². The van der Waals surface area contributed by atoms with Crippen LogP contribution in [0.15, 0.2) is 54.6 Å². The van der Waals surface area contributed by atoms with E-state index in [1.54, 1.807) is 31.4 Å². The van der Waals surface area contributed by atoms with Crippen molar-refractivity contribution in [2.45, 2.75) is 25.4 Å². The molecule has 3 aliphatic heterocycles. The largest absolute Gasteiger partial charge is 0.385 e. The SMILES string of the molecule is COCCCN1C(=O)[C@@H]2[C@H](C1=O)[C@H](C(=O)c1ccc(Cl)cc1)N1c3ccccc3C(C)=C[C@@H]21. The number of carbonyl (C=O) groups excluding carboxylic acids is 3. The van der Waals surface area contributed by atoms with Crippen LogP contribution in [0.25, 0.3) is 5.57 Å². The minimum atomic E-state index is -0.768. The molecule has 0 aromatic heterocycles. The average Bonchev–Trinajstić information content (AvgIpc) is 3.28. The number of benzene rings is 2. The fraction of sp³-hybridized carbons (Fsp3) is 0.346. The third kappa shape index (κ3) is 3.40. The molecule has 2 aromatic carbocycles. The third-order valence-corrected chi connectivity index (χ3v) is 7.23. The van der Waals surface area contributed by atoms with E-state index >= 15 is 0 Å². The van der Waals surface area contributed by atoms with Crippen LogP contribution in [0.4, 0.5) is 5.69 Å². The lowest BCUT2D eigenvalue weighted by atomic mass is 9.85. The third-order valence-electron chi connectivity index (χ3n) is 6.97. The van der Waals surface area contributed by atoms with E-state index in [0.717, 1.165) is 16.8 Å². The molecule has 5 rings (SSSR count). The highest BCUT2D eigenvalue weighted by Gasteiger charge is 2.64. The molecule has 0 N–H and O–H groups in total. The number of imide groups is 1. The van der Waals surface area contributed by atoms with E-state index in [2.05, 4.69) is 0 Å². The van der Waals surface area contributed by atoms with E-state index in [1.165, 1.54) is 4.90 Å². The standard InChI is InChI=1S/C26H25ClN2O4/c1-15-14-20-21-22(26(32)28(25(21)31)12-5-13-33-2)23(24(30)16-8-10-17(27)11-9-16)29(20)19-7-4-3-6-18(15)19/h3-4,6-11,14,20-23H,5,12-13H2,1-2H3/t20-,21-,22-,23+/m0/s1. The minimum absolute atomic E-state index is 0.174. The first-order chi connectivity index (χ1) is 15.9. The van der Waals surface area contributed by atoms with Gasteiger partial charge in [0.2, 0.25) is 11.8 Å². The van der Waals surface area contributed by atoms with Gasteiger partial charge in [0.1, 0.15) is 6.04 Å². The van der Waals surface area contributed by atoms with Gasteiger partial charge in [-0.2, -0.15) is 0 Å². The number of hydrogen-bond donors (Lipinski definition) is 0. The van der Waals surface area contributed by atoms with Gasteiger partial charge in [-0.15, -0.1) is 0 Å². The number of para-hydroxylation sites is 1. The smallest absolute Gasteiger partial charge is 0.235 e.